The molecular formula is C16H16N4O5. The average molecular weight is 344 g/mol. The second kappa shape index (κ2) is 8.29. The molecule has 130 valence electrons. The van der Waals surface area contributed by atoms with Crippen LogP contribution in [0.4, 0.5) is 16.2 Å². The molecule has 25 heavy (non-hydrogen) atoms. The number of amides is 3. The van der Waals surface area contributed by atoms with Gasteiger partial charge in [-0.25, -0.2) is 4.79 Å². The maximum Gasteiger partial charge on any atom is 0.319 e. The Morgan fingerprint density at radius 3 is 2.40 bits per heavy atom. The van der Waals surface area contributed by atoms with E-state index in [1.54, 1.807) is 0 Å². The van der Waals surface area contributed by atoms with E-state index in [9.17, 15) is 19.7 Å². The Morgan fingerprint density at radius 2 is 1.72 bits per heavy atom. The van der Waals surface area contributed by atoms with Gasteiger partial charge < -0.3 is 21.1 Å². The first kappa shape index (κ1) is 17.7. The summed E-state index contributed by atoms with van der Waals surface area (Å²) in [5, 5.41) is 27.4. The zero-order valence-electron chi connectivity index (χ0n) is 13.1. The highest BCUT2D eigenvalue weighted by atomic mass is 16.6. The van der Waals surface area contributed by atoms with Crippen LogP contribution in [0.2, 0.25) is 0 Å². The number of carbonyl (C=O) groups excluding carboxylic acids is 2. The van der Waals surface area contributed by atoms with Gasteiger partial charge in [0.05, 0.1) is 4.92 Å². The summed E-state index contributed by atoms with van der Waals surface area (Å²) in [6.45, 7) is 0.368. The Morgan fingerprint density at radius 1 is 1.04 bits per heavy atom. The molecule has 9 nitrogen and oxygen atoms in total. The number of non-ortho nitro benzene ring substituents is 1. The molecule has 0 unspecified atom stereocenters. The van der Waals surface area contributed by atoms with E-state index in [-0.39, 0.29) is 30.4 Å². The maximum absolute atomic E-state index is 11.8. The van der Waals surface area contributed by atoms with Crippen molar-refractivity contribution in [2.45, 2.75) is 0 Å². The van der Waals surface area contributed by atoms with E-state index in [4.69, 9.17) is 5.11 Å². The molecular weight excluding hydrogens is 328 g/mol. The highest BCUT2D eigenvalue weighted by Crippen LogP contribution is 2.16. The van der Waals surface area contributed by atoms with E-state index in [0.29, 0.717) is 11.3 Å². The normalized spacial score (nSPS) is 9.92. The highest BCUT2D eigenvalue weighted by Gasteiger charge is 2.08. The molecule has 3 amide bonds. The minimum atomic E-state index is -0.554. The van der Waals surface area contributed by atoms with Gasteiger partial charge in [-0.3, -0.25) is 14.9 Å². The molecule has 0 saturated heterocycles. The van der Waals surface area contributed by atoms with Crippen LogP contribution in [0.5, 0.6) is 5.75 Å². The molecule has 2 aromatic rings. The molecule has 0 heterocycles. The van der Waals surface area contributed by atoms with Crippen LogP contribution >= 0.6 is 0 Å². The molecule has 0 aliphatic heterocycles. The minimum absolute atomic E-state index is 0.0658. The lowest BCUT2D eigenvalue weighted by Crippen LogP contribution is -2.36. The van der Waals surface area contributed by atoms with E-state index in [1.165, 1.54) is 48.5 Å². The Hall–Kier alpha value is -3.62. The van der Waals surface area contributed by atoms with Crippen LogP contribution in [0.3, 0.4) is 0 Å². The summed E-state index contributed by atoms with van der Waals surface area (Å²) in [5.74, 6) is -0.267. The second-order valence-electron chi connectivity index (χ2n) is 4.99. The predicted molar refractivity (Wildman–Crippen MR) is 90.6 cm³/mol. The number of phenols is 1. The Bertz CT molecular complexity index is 776. The van der Waals surface area contributed by atoms with Crippen molar-refractivity contribution in [3.05, 3.63) is 64.2 Å². The number of anilines is 1. The molecule has 0 saturated carbocycles. The SMILES string of the molecule is O=C(NCCNC(=O)c1ccc(O)cc1)Nc1cccc([N+](=O)[O-])c1. The summed E-state index contributed by atoms with van der Waals surface area (Å²) in [5.41, 5.74) is 0.553. The number of rotatable bonds is 6. The van der Waals surface area contributed by atoms with Gasteiger partial charge in [0, 0.05) is 36.5 Å². The fraction of sp³-hybridized carbons (Fsp3) is 0.125. The van der Waals surface area contributed by atoms with Crippen LogP contribution in [0.1, 0.15) is 10.4 Å². The van der Waals surface area contributed by atoms with Crippen molar-refractivity contribution < 1.29 is 19.6 Å². The van der Waals surface area contributed by atoms with Gasteiger partial charge in [0.15, 0.2) is 0 Å². The van der Waals surface area contributed by atoms with Gasteiger partial charge in [0.25, 0.3) is 11.6 Å². The van der Waals surface area contributed by atoms with Gasteiger partial charge in [-0.2, -0.15) is 0 Å². The molecule has 0 spiro atoms. The van der Waals surface area contributed by atoms with E-state index < -0.39 is 11.0 Å². The lowest BCUT2D eigenvalue weighted by molar-refractivity contribution is -0.384. The number of phenolic OH excluding ortho intramolecular Hbond substituents is 1. The number of benzene rings is 2. The molecule has 0 aromatic heterocycles. The third-order valence-electron chi connectivity index (χ3n) is 3.14. The standard InChI is InChI=1S/C16H16N4O5/c21-14-6-4-11(5-7-14)15(22)17-8-9-18-16(23)19-12-2-1-3-13(10-12)20(24)25/h1-7,10,21H,8-9H2,(H,17,22)(H2,18,19,23). The fourth-order valence-electron chi connectivity index (χ4n) is 1.94. The molecule has 2 rings (SSSR count). The van der Waals surface area contributed by atoms with Gasteiger partial charge in [0.1, 0.15) is 5.75 Å². The maximum atomic E-state index is 11.8. The highest BCUT2D eigenvalue weighted by molar-refractivity contribution is 5.94. The van der Waals surface area contributed by atoms with E-state index in [0.717, 1.165) is 0 Å². The van der Waals surface area contributed by atoms with Gasteiger partial charge in [0.2, 0.25) is 0 Å². The first-order chi connectivity index (χ1) is 12.0. The van der Waals surface area contributed by atoms with Gasteiger partial charge in [-0.1, -0.05) is 6.07 Å². The summed E-state index contributed by atoms with van der Waals surface area (Å²) in [4.78, 5) is 33.6. The summed E-state index contributed by atoms with van der Waals surface area (Å²) in [6.07, 6.45) is 0. The van der Waals surface area contributed by atoms with Gasteiger partial charge in [-0.05, 0) is 30.3 Å². The van der Waals surface area contributed by atoms with Gasteiger partial charge in [-0.15, -0.1) is 0 Å². The van der Waals surface area contributed by atoms with E-state index >= 15 is 0 Å². The number of aromatic hydroxyl groups is 1. The zero-order chi connectivity index (χ0) is 18.2. The predicted octanol–water partition coefficient (Wildman–Crippen LogP) is 1.85. The van der Waals surface area contributed by atoms with Crippen LogP contribution in [0.25, 0.3) is 0 Å². The van der Waals surface area contributed by atoms with Crippen molar-refractivity contribution >= 4 is 23.3 Å². The topological polar surface area (TPSA) is 134 Å². The minimum Gasteiger partial charge on any atom is -0.508 e. The quantitative estimate of drug-likeness (QED) is 0.360. The van der Waals surface area contributed by atoms with E-state index in [1.807, 2.05) is 0 Å². The van der Waals surface area contributed by atoms with E-state index in [2.05, 4.69) is 16.0 Å². The number of hydrogen-bond acceptors (Lipinski definition) is 5. The lowest BCUT2D eigenvalue weighted by atomic mass is 10.2. The number of nitro groups is 1. The summed E-state index contributed by atoms with van der Waals surface area (Å²) >= 11 is 0. The van der Waals surface area contributed by atoms with Crippen LogP contribution < -0.4 is 16.0 Å². The molecule has 9 heteroatoms. The first-order valence-corrected chi connectivity index (χ1v) is 7.32. The molecule has 0 bridgehead atoms. The van der Waals surface area contributed by atoms with Crippen molar-refractivity contribution in [1.82, 2.24) is 10.6 Å². The van der Waals surface area contributed by atoms with Crippen molar-refractivity contribution in [1.29, 1.82) is 0 Å². The Labute approximate surface area is 142 Å². The average Bonchev–Trinajstić information content (AvgIpc) is 2.59. The number of nitrogens with zero attached hydrogens (tertiary/aromatic N) is 1. The zero-order valence-corrected chi connectivity index (χ0v) is 13.1. The lowest BCUT2D eigenvalue weighted by Gasteiger charge is -2.09. The van der Waals surface area contributed by atoms with Crippen molar-refractivity contribution in [3.63, 3.8) is 0 Å². The van der Waals surface area contributed by atoms with Crippen LogP contribution in [0, 0.1) is 10.1 Å². The van der Waals surface area contributed by atoms with Gasteiger partial charge >= 0.3 is 6.03 Å². The number of urea groups is 1. The number of carbonyl (C=O) groups is 2. The molecule has 0 aliphatic rings. The molecule has 0 atom stereocenters. The number of nitrogens with one attached hydrogen (secondary N) is 3. The van der Waals surface area contributed by atoms with Crippen molar-refractivity contribution in [3.8, 4) is 5.75 Å². The monoisotopic (exact) mass is 344 g/mol. The number of nitro benzene ring substituents is 1. The molecule has 0 radical (unpaired) electrons. The summed E-state index contributed by atoms with van der Waals surface area (Å²) in [7, 11) is 0. The molecule has 0 aliphatic carbocycles. The fourth-order valence-corrected chi connectivity index (χ4v) is 1.94. The smallest absolute Gasteiger partial charge is 0.319 e. The molecule has 2 aromatic carbocycles. The largest absolute Gasteiger partial charge is 0.508 e. The third-order valence-corrected chi connectivity index (χ3v) is 3.14. The van der Waals surface area contributed by atoms with Crippen molar-refractivity contribution in [2.24, 2.45) is 0 Å². The molecule has 0 fully saturated rings. The Balaban J connectivity index is 1.73. The third kappa shape index (κ3) is 5.50. The van der Waals surface area contributed by atoms with Crippen LogP contribution in [-0.2, 0) is 0 Å². The summed E-state index contributed by atoms with van der Waals surface area (Å²) in [6, 6.07) is 10.8. The van der Waals surface area contributed by atoms with Crippen LogP contribution in [0.15, 0.2) is 48.5 Å². The van der Waals surface area contributed by atoms with Crippen molar-refractivity contribution in [2.75, 3.05) is 18.4 Å². The number of hydrogen-bond donors (Lipinski definition) is 4. The Kier molecular flexibility index (Phi) is 5.88. The second-order valence-corrected chi connectivity index (χ2v) is 4.99. The van der Waals surface area contributed by atoms with Crippen LogP contribution in [-0.4, -0.2) is 35.1 Å². The summed E-state index contributed by atoms with van der Waals surface area (Å²) < 4.78 is 0. The first-order valence-electron chi connectivity index (χ1n) is 7.32. The molecule has 4 N–H and O–H groups in total.